The number of carbonyl (C=O) groups excluding carboxylic acids is 2. The Hall–Kier alpha value is -3.49. The van der Waals surface area contributed by atoms with Crippen LogP contribution in [0.25, 0.3) is 0 Å². The number of non-ortho nitro benzene ring substituents is 1. The average molecular weight is 347 g/mol. The lowest BCUT2D eigenvalue weighted by atomic mass is 10.1. The molecule has 0 unspecified atom stereocenters. The molecule has 1 amide bonds. The van der Waals surface area contributed by atoms with E-state index in [1.165, 1.54) is 31.2 Å². The molecule has 25 heavy (non-hydrogen) atoms. The van der Waals surface area contributed by atoms with Crippen LogP contribution in [0.15, 0.2) is 42.5 Å². The number of nitrogens with two attached hydrogens (primary N) is 1. The van der Waals surface area contributed by atoms with E-state index < -0.39 is 28.7 Å². The molecule has 2 rings (SSSR count). The van der Waals surface area contributed by atoms with Gasteiger partial charge in [0.1, 0.15) is 5.82 Å². The molecule has 0 aliphatic rings. The van der Waals surface area contributed by atoms with Crippen LogP contribution in [0.5, 0.6) is 0 Å². The second kappa shape index (κ2) is 7.39. The molecule has 0 aromatic heterocycles. The van der Waals surface area contributed by atoms with Gasteiger partial charge in [0.15, 0.2) is 6.10 Å². The first kappa shape index (κ1) is 17.9. The third-order valence-corrected chi connectivity index (χ3v) is 3.25. The number of nitro benzene ring substituents is 1. The van der Waals surface area contributed by atoms with Gasteiger partial charge >= 0.3 is 5.97 Å². The van der Waals surface area contributed by atoms with Crippen LogP contribution in [-0.4, -0.2) is 22.9 Å². The summed E-state index contributed by atoms with van der Waals surface area (Å²) in [5, 5.41) is 12.9. The number of rotatable bonds is 5. The van der Waals surface area contributed by atoms with Crippen molar-refractivity contribution in [2.75, 3.05) is 11.1 Å². The molecule has 0 spiro atoms. The number of para-hydroxylation sites is 1. The van der Waals surface area contributed by atoms with Crippen molar-refractivity contribution in [2.45, 2.75) is 13.0 Å². The minimum atomic E-state index is -1.23. The van der Waals surface area contributed by atoms with E-state index in [-0.39, 0.29) is 22.6 Å². The Morgan fingerprint density at radius 2 is 1.96 bits per heavy atom. The molecule has 0 saturated carbocycles. The van der Waals surface area contributed by atoms with Gasteiger partial charge in [0, 0.05) is 12.1 Å². The summed E-state index contributed by atoms with van der Waals surface area (Å²) in [5.74, 6) is -2.29. The fraction of sp³-hybridized carbons (Fsp3) is 0.125. The largest absolute Gasteiger partial charge is 0.449 e. The number of nitrogen functional groups attached to an aromatic ring is 1. The monoisotopic (exact) mass is 347 g/mol. The van der Waals surface area contributed by atoms with Crippen molar-refractivity contribution in [3.05, 3.63) is 64.0 Å². The molecular formula is C16H14FN3O5. The summed E-state index contributed by atoms with van der Waals surface area (Å²) >= 11 is 0. The lowest BCUT2D eigenvalue weighted by molar-refractivity contribution is -0.384. The minimum absolute atomic E-state index is 0.0507. The van der Waals surface area contributed by atoms with Gasteiger partial charge in [-0.3, -0.25) is 14.9 Å². The highest BCUT2D eigenvalue weighted by Gasteiger charge is 2.22. The molecule has 2 aromatic rings. The van der Waals surface area contributed by atoms with Crippen molar-refractivity contribution in [1.29, 1.82) is 0 Å². The molecule has 0 bridgehead atoms. The Kier molecular flexibility index (Phi) is 5.28. The fourth-order valence-corrected chi connectivity index (χ4v) is 1.92. The molecule has 0 fully saturated rings. The summed E-state index contributed by atoms with van der Waals surface area (Å²) in [4.78, 5) is 34.0. The van der Waals surface area contributed by atoms with Crippen LogP contribution < -0.4 is 11.1 Å². The van der Waals surface area contributed by atoms with E-state index in [2.05, 4.69) is 5.32 Å². The third-order valence-electron chi connectivity index (χ3n) is 3.25. The molecule has 0 radical (unpaired) electrons. The molecular weight excluding hydrogens is 333 g/mol. The summed E-state index contributed by atoms with van der Waals surface area (Å²) in [6, 6.07) is 8.77. The number of hydrogen-bond acceptors (Lipinski definition) is 6. The van der Waals surface area contributed by atoms with Gasteiger partial charge < -0.3 is 15.8 Å². The van der Waals surface area contributed by atoms with E-state index >= 15 is 0 Å². The lowest BCUT2D eigenvalue weighted by Gasteiger charge is -2.14. The van der Waals surface area contributed by atoms with Crippen LogP contribution in [0.3, 0.4) is 0 Å². The third kappa shape index (κ3) is 4.28. The average Bonchev–Trinajstić information content (AvgIpc) is 2.56. The van der Waals surface area contributed by atoms with Crippen LogP contribution >= 0.6 is 0 Å². The molecule has 1 atom stereocenters. The van der Waals surface area contributed by atoms with E-state index in [0.29, 0.717) is 0 Å². The highest BCUT2D eigenvalue weighted by atomic mass is 19.1. The summed E-state index contributed by atoms with van der Waals surface area (Å²) in [6.07, 6.45) is -1.23. The van der Waals surface area contributed by atoms with Crippen LogP contribution in [0.2, 0.25) is 0 Å². The molecule has 3 N–H and O–H groups in total. The van der Waals surface area contributed by atoms with E-state index in [1.54, 1.807) is 0 Å². The molecule has 0 saturated heterocycles. The summed E-state index contributed by atoms with van der Waals surface area (Å²) in [7, 11) is 0. The molecule has 8 nitrogen and oxygen atoms in total. The highest BCUT2D eigenvalue weighted by molar-refractivity contribution is 5.99. The van der Waals surface area contributed by atoms with E-state index in [9.17, 15) is 24.1 Å². The van der Waals surface area contributed by atoms with E-state index in [1.807, 2.05) is 0 Å². The maximum absolute atomic E-state index is 13.5. The predicted octanol–water partition coefficient (Wildman–Crippen LogP) is 2.50. The summed E-state index contributed by atoms with van der Waals surface area (Å²) in [6.45, 7) is 1.30. The maximum Gasteiger partial charge on any atom is 0.341 e. The zero-order chi connectivity index (χ0) is 18.6. The predicted molar refractivity (Wildman–Crippen MR) is 87.4 cm³/mol. The Morgan fingerprint density at radius 3 is 2.56 bits per heavy atom. The van der Waals surface area contributed by atoms with Crippen molar-refractivity contribution in [3.8, 4) is 0 Å². The first-order valence-corrected chi connectivity index (χ1v) is 7.10. The number of nitrogens with zero attached hydrogens (tertiary/aromatic N) is 1. The van der Waals surface area contributed by atoms with Crippen LogP contribution in [-0.2, 0) is 9.53 Å². The Labute approximate surface area is 141 Å². The van der Waals surface area contributed by atoms with Gasteiger partial charge in [-0.2, -0.15) is 0 Å². The number of ether oxygens (including phenoxy) is 1. The van der Waals surface area contributed by atoms with Gasteiger partial charge in [-0.15, -0.1) is 0 Å². The molecule has 0 aliphatic carbocycles. The number of carbonyl (C=O) groups is 2. The van der Waals surface area contributed by atoms with Crippen molar-refractivity contribution >= 4 is 28.9 Å². The second-order valence-corrected chi connectivity index (χ2v) is 5.05. The van der Waals surface area contributed by atoms with Crippen LogP contribution in [0.4, 0.5) is 21.5 Å². The van der Waals surface area contributed by atoms with Crippen molar-refractivity contribution < 1.29 is 23.6 Å². The van der Waals surface area contributed by atoms with Crippen molar-refractivity contribution in [3.63, 3.8) is 0 Å². The second-order valence-electron chi connectivity index (χ2n) is 5.05. The SMILES string of the molecule is C[C@H](OC(=O)c1ccc([N+](=O)[O-])cc1N)C(=O)Nc1ccccc1F. The summed E-state index contributed by atoms with van der Waals surface area (Å²) in [5.41, 5.74) is 5.00. The molecule has 2 aromatic carbocycles. The number of halogens is 1. The number of hydrogen-bond donors (Lipinski definition) is 2. The molecule has 0 aliphatic heterocycles. The van der Waals surface area contributed by atoms with Gasteiger partial charge in [-0.1, -0.05) is 12.1 Å². The van der Waals surface area contributed by atoms with Crippen LogP contribution in [0.1, 0.15) is 17.3 Å². The van der Waals surface area contributed by atoms with Crippen molar-refractivity contribution in [1.82, 2.24) is 0 Å². The number of esters is 1. The van der Waals surface area contributed by atoms with Crippen molar-refractivity contribution in [2.24, 2.45) is 0 Å². The van der Waals surface area contributed by atoms with Gasteiger partial charge in [0.2, 0.25) is 0 Å². The Bertz CT molecular complexity index is 840. The lowest BCUT2D eigenvalue weighted by Crippen LogP contribution is -2.30. The van der Waals surface area contributed by atoms with Gasteiger partial charge in [0.25, 0.3) is 11.6 Å². The van der Waals surface area contributed by atoms with E-state index in [0.717, 1.165) is 18.2 Å². The smallest absolute Gasteiger partial charge is 0.341 e. The maximum atomic E-state index is 13.5. The minimum Gasteiger partial charge on any atom is -0.449 e. The number of benzene rings is 2. The van der Waals surface area contributed by atoms with Gasteiger partial charge in [0.05, 0.1) is 21.9 Å². The van der Waals surface area contributed by atoms with E-state index in [4.69, 9.17) is 10.5 Å². The Balaban J connectivity index is 2.06. The first-order valence-electron chi connectivity index (χ1n) is 7.10. The number of nitro groups is 1. The normalized spacial score (nSPS) is 11.4. The van der Waals surface area contributed by atoms with Gasteiger partial charge in [-0.05, 0) is 25.1 Å². The molecule has 130 valence electrons. The molecule has 9 heteroatoms. The number of nitrogens with one attached hydrogen (secondary N) is 1. The Morgan fingerprint density at radius 1 is 1.28 bits per heavy atom. The zero-order valence-electron chi connectivity index (χ0n) is 13.1. The first-order chi connectivity index (χ1) is 11.8. The van der Waals surface area contributed by atoms with Crippen LogP contribution in [0, 0.1) is 15.9 Å². The number of amides is 1. The summed E-state index contributed by atoms with van der Waals surface area (Å²) < 4.78 is 18.5. The quantitative estimate of drug-likeness (QED) is 0.370. The van der Waals surface area contributed by atoms with Gasteiger partial charge in [-0.25, -0.2) is 9.18 Å². The zero-order valence-corrected chi connectivity index (χ0v) is 13.1. The topological polar surface area (TPSA) is 125 Å². The number of anilines is 2. The standard InChI is InChI=1S/C16H14FN3O5/c1-9(15(21)19-14-5-3-2-4-12(14)17)25-16(22)11-7-6-10(20(23)24)8-13(11)18/h2-9H,18H2,1H3,(H,19,21)/t9-/m0/s1. The fourth-order valence-electron chi connectivity index (χ4n) is 1.92. The molecule has 0 heterocycles. The highest BCUT2D eigenvalue weighted by Crippen LogP contribution is 2.21.